The van der Waals surface area contributed by atoms with E-state index < -0.39 is 0 Å². The molecule has 1 aliphatic rings. The Morgan fingerprint density at radius 2 is 1.71 bits per heavy atom. The van der Waals surface area contributed by atoms with Crippen LogP contribution < -0.4 is 4.90 Å². The second kappa shape index (κ2) is 4.56. The Morgan fingerprint density at radius 3 is 2.57 bits per heavy atom. The smallest absolute Gasteiger partial charge is 0.260 e. The van der Waals surface area contributed by atoms with Gasteiger partial charge >= 0.3 is 0 Å². The average Bonchev–Trinajstić information content (AvgIpc) is 2.97. The van der Waals surface area contributed by atoms with Crippen molar-refractivity contribution in [3.05, 3.63) is 72.1 Å². The lowest BCUT2D eigenvalue weighted by Gasteiger charge is -2.20. The highest BCUT2D eigenvalue weighted by Crippen LogP contribution is 2.26. The van der Waals surface area contributed by atoms with Crippen LogP contribution >= 0.6 is 0 Å². The van der Waals surface area contributed by atoms with Gasteiger partial charge in [0.05, 0.1) is 29.7 Å². The first-order valence-electron chi connectivity index (χ1n) is 6.70. The van der Waals surface area contributed by atoms with Gasteiger partial charge in [0.1, 0.15) is 0 Å². The van der Waals surface area contributed by atoms with Gasteiger partial charge in [0.25, 0.3) is 5.91 Å². The summed E-state index contributed by atoms with van der Waals surface area (Å²) in [6, 6.07) is 17.1. The Labute approximate surface area is 121 Å². The molecule has 21 heavy (non-hydrogen) atoms. The number of anilines is 1. The lowest BCUT2D eigenvalue weighted by Crippen LogP contribution is -2.29. The highest BCUT2D eigenvalue weighted by molar-refractivity contribution is 6.08. The van der Waals surface area contributed by atoms with Gasteiger partial charge in [-0.05, 0) is 24.3 Å². The molecular weight excluding hydrogens is 264 g/mol. The molecule has 0 N–H and O–H groups in total. The number of hydrogen-bond donors (Lipinski definition) is 0. The van der Waals surface area contributed by atoms with E-state index in [1.807, 2.05) is 54.6 Å². The topological polar surface area (TPSA) is 51.0 Å². The van der Waals surface area contributed by atoms with Gasteiger partial charge in [0.15, 0.2) is 0 Å². The van der Waals surface area contributed by atoms with Crippen LogP contribution in [0.1, 0.15) is 16.1 Å². The van der Waals surface area contributed by atoms with Crippen LogP contribution in [0.5, 0.6) is 0 Å². The number of carbonyl (C=O) groups excluding carboxylic acids is 1. The number of carbonyl (C=O) groups is 1. The summed E-state index contributed by atoms with van der Waals surface area (Å²) < 4.78 is 1.73. The summed E-state index contributed by atoms with van der Waals surface area (Å²) >= 11 is 0. The zero-order valence-corrected chi connectivity index (χ0v) is 11.2. The predicted octanol–water partition coefficient (Wildman–Crippen LogP) is 2.43. The van der Waals surface area contributed by atoms with Crippen LogP contribution in [0.4, 0.5) is 5.69 Å². The van der Waals surface area contributed by atoms with Gasteiger partial charge < -0.3 is 4.90 Å². The Kier molecular flexibility index (Phi) is 2.57. The number of rotatable bonds is 1. The quantitative estimate of drug-likeness (QED) is 0.686. The van der Waals surface area contributed by atoms with Gasteiger partial charge in [0, 0.05) is 5.69 Å². The summed E-state index contributed by atoms with van der Waals surface area (Å²) in [5.41, 5.74) is 3.16. The Hall–Kier alpha value is -2.95. The second-order valence-corrected chi connectivity index (χ2v) is 4.88. The standard InChI is InChI=1S/C16H12N4O/c21-16-14-8-4-5-9-15(14)20-13(10-17-18-20)11-19(16)12-6-2-1-3-7-12/h1-10H,11H2. The van der Waals surface area contributed by atoms with Crippen molar-refractivity contribution in [3.63, 3.8) is 0 Å². The summed E-state index contributed by atoms with van der Waals surface area (Å²) in [4.78, 5) is 14.6. The molecule has 1 aliphatic heterocycles. The molecule has 0 saturated heterocycles. The summed E-state index contributed by atoms with van der Waals surface area (Å²) in [5, 5.41) is 8.08. The lowest BCUT2D eigenvalue weighted by atomic mass is 10.1. The number of hydrogen-bond acceptors (Lipinski definition) is 3. The first kappa shape index (κ1) is 11.8. The second-order valence-electron chi connectivity index (χ2n) is 4.88. The van der Waals surface area contributed by atoms with Crippen molar-refractivity contribution >= 4 is 11.6 Å². The molecule has 2 heterocycles. The molecule has 5 heteroatoms. The van der Waals surface area contributed by atoms with Gasteiger partial charge in [-0.1, -0.05) is 35.5 Å². The highest BCUT2D eigenvalue weighted by atomic mass is 16.2. The molecule has 0 atom stereocenters. The van der Waals surface area contributed by atoms with E-state index >= 15 is 0 Å². The van der Waals surface area contributed by atoms with Crippen LogP contribution in [-0.4, -0.2) is 20.9 Å². The van der Waals surface area contributed by atoms with Crippen molar-refractivity contribution in [1.82, 2.24) is 15.0 Å². The van der Waals surface area contributed by atoms with Gasteiger partial charge in [-0.25, -0.2) is 4.68 Å². The van der Waals surface area contributed by atoms with Gasteiger partial charge in [-0.3, -0.25) is 4.79 Å². The Morgan fingerprint density at radius 1 is 0.952 bits per heavy atom. The molecular formula is C16H12N4O. The van der Waals surface area contributed by atoms with Crippen LogP contribution in [0.3, 0.4) is 0 Å². The average molecular weight is 276 g/mol. The summed E-state index contributed by atoms with van der Waals surface area (Å²) in [5.74, 6) is -0.0256. The van der Waals surface area contributed by atoms with E-state index in [0.29, 0.717) is 12.1 Å². The number of benzene rings is 2. The molecule has 2 aromatic carbocycles. The third-order valence-corrected chi connectivity index (χ3v) is 3.62. The molecule has 0 bridgehead atoms. The van der Waals surface area contributed by atoms with Crippen molar-refractivity contribution in [2.45, 2.75) is 6.54 Å². The van der Waals surface area contributed by atoms with Gasteiger partial charge in [0.2, 0.25) is 0 Å². The highest BCUT2D eigenvalue weighted by Gasteiger charge is 2.27. The molecule has 0 spiro atoms. The molecule has 1 aromatic heterocycles. The zero-order chi connectivity index (χ0) is 14.2. The van der Waals surface area contributed by atoms with E-state index in [9.17, 15) is 4.79 Å². The number of amides is 1. The first-order valence-corrected chi connectivity index (χ1v) is 6.70. The van der Waals surface area contributed by atoms with E-state index in [0.717, 1.165) is 17.1 Å². The minimum absolute atomic E-state index is 0.0256. The summed E-state index contributed by atoms with van der Waals surface area (Å²) in [6.45, 7) is 0.449. The Balaban J connectivity index is 1.93. The fourth-order valence-corrected chi connectivity index (χ4v) is 2.60. The molecule has 3 aromatic rings. The number of aromatic nitrogens is 3. The molecule has 0 saturated carbocycles. The number of fused-ring (bicyclic) bond motifs is 3. The van der Waals surface area contributed by atoms with Crippen molar-refractivity contribution in [2.75, 3.05) is 4.90 Å². The van der Waals surface area contributed by atoms with E-state index in [4.69, 9.17) is 0 Å². The monoisotopic (exact) mass is 276 g/mol. The van der Waals surface area contributed by atoms with E-state index in [1.165, 1.54) is 0 Å². The predicted molar refractivity (Wildman–Crippen MR) is 78.3 cm³/mol. The molecule has 0 unspecified atom stereocenters. The molecule has 102 valence electrons. The van der Waals surface area contributed by atoms with E-state index in [-0.39, 0.29) is 5.91 Å². The number of nitrogens with zero attached hydrogens (tertiary/aromatic N) is 4. The first-order chi connectivity index (χ1) is 10.3. The fourth-order valence-electron chi connectivity index (χ4n) is 2.60. The molecule has 1 amide bonds. The van der Waals surface area contributed by atoms with Crippen LogP contribution in [0.15, 0.2) is 60.8 Å². The summed E-state index contributed by atoms with van der Waals surface area (Å²) in [6.07, 6.45) is 1.70. The maximum absolute atomic E-state index is 12.9. The molecule has 0 aliphatic carbocycles. The van der Waals surface area contributed by atoms with Gasteiger partial charge in [-0.15, -0.1) is 5.10 Å². The zero-order valence-electron chi connectivity index (χ0n) is 11.2. The molecule has 5 nitrogen and oxygen atoms in total. The SMILES string of the molecule is O=C1c2ccccc2-n2nncc2CN1c1ccccc1. The van der Waals surface area contributed by atoms with E-state index in [2.05, 4.69) is 10.3 Å². The number of para-hydroxylation sites is 2. The van der Waals surface area contributed by atoms with E-state index in [1.54, 1.807) is 15.8 Å². The van der Waals surface area contributed by atoms with Gasteiger partial charge in [-0.2, -0.15) is 0 Å². The third kappa shape index (κ3) is 1.82. The summed E-state index contributed by atoms with van der Waals surface area (Å²) in [7, 11) is 0. The molecule has 4 rings (SSSR count). The minimum atomic E-state index is -0.0256. The van der Waals surface area contributed by atoms with Crippen LogP contribution in [-0.2, 0) is 6.54 Å². The molecule has 0 radical (unpaired) electrons. The minimum Gasteiger partial charge on any atom is -0.302 e. The van der Waals surface area contributed by atoms with Crippen LogP contribution in [0.25, 0.3) is 5.69 Å². The van der Waals surface area contributed by atoms with Crippen LogP contribution in [0.2, 0.25) is 0 Å². The van der Waals surface area contributed by atoms with Crippen LogP contribution in [0, 0.1) is 0 Å². The fraction of sp³-hybridized carbons (Fsp3) is 0.0625. The maximum Gasteiger partial charge on any atom is 0.260 e. The van der Waals surface area contributed by atoms with Crippen molar-refractivity contribution in [1.29, 1.82) is 0 Å². The Bertz CT molecular complexity index is 810. The lowest BCUT2D eigenvalue weighted by molar-refractivity contribution is 0.0986. The van der Waals surface area contributed by atoms with Crippen molar-refractivity contribution in [2.24, 2.45) is 0 Å². The maximum atomic E-state index is 12.9. The normalized spacial score (nSPS) is 13.5. The van der Waals surface area contributed by atoms with Crippen molar-refractivity contribution in [3.8, 4) is 5.69 Å². The molecule has 0 fully saturated rings. The largest absolute Gasteiger partial charge is 0.302 e. The third-order valence-electron chi connectivity index (χ3n) is 3.62. The van der Waals surface area contributed by atoms with Crippen molar-refractivity contribution < 1.29 is 4.79 Å².